The lowest BCUT2D eigenvalue weighted by Crippen LogP contribution is -2.36. The van der Waals surface area contributed by atoms with Crippen LogP contribution < -0.4 is 25.8 Å². The molecule has 0 radical (unpaired) electrons. The van der Waals surface area contributed by atoms with Gasteiger partial charge in [0.1, 0.15) is 29.2 Å². The molecular formula is C34H34F2N4O6. The molecule has 3 aromatic carbocycles. The van der Waals surface area contributed by atoms with Crippen molar-refractivity contribution < 1.29 is 37.4 Å². The van der Waals surface area contributed by atoms with E-state index in [0.717, 1.165) is 17.0 Å². The summed E-state index contributed by atoms with van der Waals surface area (Å²) in [7, 11) is 0. The maximum Gasteiger partial charge on any atom is 0.320 e. The molecule has 1 saturated carbocycles. The standard InChI is InChI=1S/C34H34F2N4O6/c1-33(2,46-30(41)19-37)20-45-25-8-9-26-21(11-15-38-28(26)18-25)12-16-44-29-10-7-24(17-27(29)36)40-32(43)34(13-14-34)31(42)39-23-5-3-22(35)4-6-23/h3-11,15,17-18H,12-14,16,19-20,37H2,1-2H3,(H,39,42)(H,40,43). The molecule has 0 saturated heterocycles. The third-order valence-electron chi connectivity index (χ3n) is 7.49. The van der Waals surface area contributed by atoms with Crippen LogP contribution in [0.25, 0.3) is 10.9 Å². The number of aromatic nitrogens is 1. The molecule has 0 bridgehead atoms. The van der Waals surface area contributed by atoms with Gasteiger partial charge in [-0.25, -0.2) is 8.78 Å². The van der Waals surface area contributed by atoms with Crippen LogP contribution in [0.5, 0.6) is 11.5 Å². The van der Waals surface area contributed by atoms with Gasteiger partial charge in [-0.1, -0.05) is 0 Å². The Hall–Kier alpha value is -5.10. The maximum atomic E-state index is 14.9. The first-order valence-corrected chi connectivity index (χ1v) is 14.7. The third-order valence-corrected chi connectivity index (χ3v) is 7.49. The molecule has 0 unspecified atom stereocenters. The van der Waals surface area contributed by atoms with Crippen LogP contribution in [-0.4, -0.2) is 48.1 Å². The first-order valence-electron chi connectivity index (χ1n) is 14.7. The number of benzene rings is 3. The van der Waals surface area contributed by atoms with Gasteiger partial charge < -0.3 is 30.6 Å². The molecule has 12 heteroatoms. The highest BCUT2D eigenvalue weighted by atomic mass is 19.1. The van der Waals surface area contributed by atoms with Crippen LogP contribution in [0.4, 0.5) is 20.2 Å². The number of esters is 1. The number of hydrogen-bond donors (Lipinski definition) is 3. The molecule has 10 nitrogen and oxygen atoms in total. The number of amides is 2. The minimum atomic E-state index is -1.27. The monoisotopic (exact) mass is 632 g/mol. The summed E-state index contributed by atoms with van der Waals surface area (Å²) in [6.45, 7) is 3.55. The quantitative estimate of drug-likeness (QED) is 0.136. The Bertz CT molecular complexity index is 1760. The summed E-state index contributed by atoms with van der Waals surface area (Å²) in [5.74, 6) is -2.10. The van der Waals surface area contributed by atoms with Crippen LogP contribution >= 0.6 is 0 Å². The molecule has 1 aliphatic rings. The molecule has 240 valence electrons. The second kappa shape index (κ2) is 13.5. The minimum Gasteiger partial charge on any atom is -0.490 e. The number of carbonyl (C=O) groups excluding carboxylic acids is 3. The molecule has 4 N–H and O–H groups in total. The lowest BCUT2D eigenvalue weighted by molar-refractivity contribution is -0.157. The highest BCUT2D eigenvalue weighted by Crippen LogP contribution is 2.47. The topological polar surface area (TPSA) is 142 Å². The van der Waals surface area contributed by atoms with Crippen LogP contribution in [-0.2, 0) is 25.5 Å². The summed E-state index contributed by atoms with van der Waals surface area (Å²) in [4.78, 5) is 41.7. The van der Waals surface area contributed by atoms with E-state index >= 15 is 0 Å². The van der Waals surface area contributed by atoms with E-state index in [1.165, 1.54) is 36.4 Å². The van der Waals surface area contributed by atoms with Crippen molar-refractivity contribution in [3.63, 3.8) is 0 Å². The number of fused-ring (bicyclic) bond motifs is 1. The number of halogens is 2. The van der Waals surface area contributed by atoms with Crippen molar-refractivity contribution in [2.45, 2.75) is 38.7 Å². The van der Waals surface area contributed by atoms with Crippen molar-refractivity contribution in [2.24, 2.45) is 11.1 Å². The number of rotatable bonds is 13. The molecule has 4 aromatic rings. The number of hydrogen-bond acceptors (Lipinski definition) is 8. The van der Waals surface area contributed by atoms with Crippen LogP contribution in [0, 0.1) is 17.0 Å². The van der Waals surface area contributed by atoms with E-state index in [9.17, 15) is 23.2 Å². The summed E-state index contributed by atoms with van der Waals surface area (Å²) < 4.78 is 44.9. The first kappa shape index (κ1) is 32.3. The van der Waals surface area contributed by atoms with E-state index in [2.05, 4.69) is 15.6 Å². The van der Waals surface area contributed by atoms with Crippen LogP contribution in [0.2, 0.25) is 0 Å². The Kier molecular flexibility index (Phi) is 9.47. The first-order chi connectivity index (χ1) is 22.0. The molecule has 1 aromatic heterocycles. The number of pyridine rings is 1. The van der Waals surface area contributed by atoms with Gasteiger partial charge in [0, 0.05) is 41.5 Å². The average molecular weight is 633 g/mol. The zero-order valence-electron chi connectivity index (χ0n) is 25.4. The predicted molar refractivity (Wildman–Crippen MR) is 167 cm³/mol. The van der Waals surface area contributed by atoms with E-state index in [-0.39, 0.29) is 31.2 Å². The summed E-state index contributed by atoms with van der Waals surface area (Å²) in [6, 6.07) is 16.6. The van der Waals surface area contributed by atoms with Crippen LogP contribution in [0.3, 0.4) is 0 Å². The van der Waals surface area contributed by atoms with Crippen LogP contribution in [0.15, 0.2) is 72.9 Å². The van der Waals surface area contributed by atoms with Gasteiger partial charge in [-0.05, 0) is 86.8 Å². The number of nitrogens with zero attached hydrogens (tertiary/aromatic N) is 1. The average Bonchev–Trinajstić information content (AvgIpc) is 3.84. The van der Waals surface area contributed by atoms with Crippen molar-refractivity contribution in [1.82, 2.24) is 4.98 Å². The molecular weight excluding hydrogens is 598 g/mol. The molecule has 1 fully saturated rings. The molecule has 0 aliphatic heterocycles. The second-order valence-corrected chi connectivity index (χ2v) is 11.6. The van der Waals surface area contributed by atoms with Gasteiger partial charge >= 0.3 is 5.97 Å². The third kappa shape index (κ3) is 7.75. The summed E-state index contributed by atoms with van der Waals surface area (Å²) in [5, 5.41) is 6.14. The minimum absolute atomic E-state index is 0.0141. The number of carbonyl (C=O) groups is 3. The number of anilines is 2. The fraction of sp³-hybridized carbons (Fsp3) is 0.294. The Morgan fingerprint density at radius 3 is 2.28 bits per heavy atom. The highest BCUT2D eigenvalue weighted by molar-refractivity contribution is 6.16. The largest absolute Gasteiger partial charge is 0.490 e. The smallest absolute Gasteiger partial charge is 0.320 e. The molecule has 1 heterocycles. The Morgan fingerprint density at radius 1 is 0.913 bits per heavy atom. The molecule has 2 amide bonds. The van der Waals surface area contributed by atoms with Crippen molar-refractivity contribution >= 4 is 40.1 Å². The molecule has 0 spiro atoms. The summed E-state index contributed by atoms with van der Waals surface area (Å²) >= 11 is 0. The van der Waals surface area contributed by atoms with Crippen molar-refractivity contribution in [2.75, 3.05) is 30.4 Å². The van der Waals surface area contributed by atoms with E-state index in [0.29, 0.717) is 36.2 Å². The highest BCUT2D eigenvalue weighted by Gasteiger charge is 2.56. The van der Waals surface area contributed by atoms with Crippen molar-refractivity contribution in [1.29, 1.82) is 0 Å². The van der Waals surface area contributed by atoms with Crippen molar-refractivity contribution in [3.05, 3.63) is 90.1 Å². The molecule has 0 atom stereocenters. The number of nitrogens with two attached hydrogens (primary N) is 1. The molecule has 1 aliphatic carbocycles. The Labute approximate surface area is 264 Å². The number of nitrogens with one attached hydrogen (secondary N) is 2. The van der Waals surface area contributed by atoms with E-state index in [1.807, 2.05) is 12.1 Å². The number of ether oxygens (including phenoxy) is 3. The normalized spacial score (nSPS) is 13.5. The van der Waals surface area contributed by atoms with Crippen molar-refractivity contribution in [3.8, 4) is 11.5 Å². The van der Waals surface area contributed by atoms with Gasteiger partial charge in [0.05, 0.1) is 18.7 Å². The lowest BCUT2D eigenvalue weighted by atomic mass is 10.0. The Morgan fingerprint density at radius 2 is 1.61 bits per heavy atom. The summed E-state index contributed by atoms with van der Waals surface area (Å²) in [6.07, 6.45) is 2.82. The Balaban J connectivity index is 1.15. The fourth-order valence-corrected chi connectivity index (χ4v) is 4.81. The van der Waals surface area contributed by atoms with Gasteiger partial charge in [0.15, 0.2) is 11.6 Å². The van der Waals surface area contributed by atoms with E-state index < -0.39 is 40.4 Å². The molecule has 5 rings (SSSR count). The lowest BCUT2D eigenvalue weighted by Gasteiger charge is -2.25. The summed E-state index contributed by atoms with van der Waals surface area (Å²) in [5.41, 5.74) is 5.39. The van der Waals surface area contributed by atoms with Crippen LogP contribution in [0.1, 0.15) is 32.3 Å². The second-order valence-electron chi connectivity index (χ2n) is 11.6. The van der Waals surface area contributed by atoms with Gasteiger partial charge in [0.2, 0.25) is 11.8 Å². The van der Waals surface area contributed by atoms with Gasteiger partial charge in [0.25, 0.3) is 0 Å². The zero-order chi connectivity index (χ0) is 32.9. The van der Waals surface area contributed by atoms with Gasteiger partial charge in [-0.15, -0.1) is 0 Å². The fourth-order valence-electron chi connectivity index (χ4n) is 4.81. The van der Waals surface area contributed by atoms with E-state index in [1.54, 1.807) is 32.2 Å². The SMILES string of the molecule is CC(C)(COc1ccc2c(CCOc3ccc(NC(=O)C4(C(=O)Nc5ccc(F)cc5)CC4)cc3F)ccnc2c1)OC(=O)CN. The van der Waals surface area contributed by atoms with E-state index in [4.69, 9.17) is 19.9 Å². The predicted octanol–water partition coefficient (Wildman–Crippen LogP) is 5.15. The maximum absolute atomic E-state index is 14.9. The van der Waals surface area contributed by atoms with Gasteiger partial charge in [-0.2, -0.15) is 0 Å². The molecule has 46 heavy (non-hydrogen) atoms. The zero-order valence-corrected chi connectivity index (χ0v) is 25.4. The van der Waals surface area contributed by atoms with Gasteiger partial charge in [-0.3, -0.25) is 19.4 Å².